The SMILES string of the molecule is O=C1C(Oc2ccc(Cl)cc2)C(c2ccccc2)N1c1ccc(Cl)cc1. The molecular formula is C21H15Cl2NO2. The van der Waals surface area contributed by atoms with Gasteiger partial charge in [-0.3, -0.25) is 9.69 Å². The van der Waals surface area contributed by atoms with Crippen molar-refractivity contribution in [3.05, 3.63) is 94.5 Å². The molecule has 130 valence electrons. The number of hydrogen-bond acceptors (Lipinski definition) is 2. The summed E-state index contributed by atoms with van der Waals surface area (Å²) in [7, 11) is 0. The molecule has 0 aliphatic carbocycles. The van der Waals surface area contributed by atoms with Gasteiger partial charge in [0.1, 0.15) is 11.8 Å². The van der Waals surface area contributed by atoms with Gasteiger partial charge in [-0.25, -0.2) is 0 Å². The maximum Gasteiger partial charge on any atom is 0.271 e. The van der Waals surface area contributed by atoms with E-state index in [9.17, 15) is 4.79 Å². The van der Waals surface area contributed by atoms with E-state index < -0.39 is 6.10 Å². The molecule has 4 rings (SSSR count). The summed E-state index contributed by atoms with van der Waals surface area (Å²) < 4.78 is 5.98. The van der Waals surface area contributed by atoms with Gasteiger partial charge in [0.2, 0.25) is 6.10 Å². The second-order valence-corrected chi connectivity index (χ2v) is 6.91. The Morgan fingerprint density at radius 2 is 1.35 bits per heavy atom. The van der Waals surface area contributed by atoms with Crippen LogP contribution in [-0.2, 0) is 4.79 Å². The van der Waals surface area contributed by atoms with Crippen LogP contribution in [0, 0.1) is 0 Å². The van der Waals surface area contributed by atoms with Crippen molar-refractivity contribution >= 4 is 34.8 Å². The zero-order chi connectivity index (χ0) is 18.1. The number of β-lactam (4-membered cyclic amide) rings is 1. The van der Waals surface area contributed by atoms with Crippen LogP contribution in [0.25, 0.3) is 0 Å². The van der Waals surface area contributed by atoms with Crippen LogP contribution in [0.15, 0.2) is 78.9 Å². The van der Waals surface area contributed by atoms with E-state index in [1.54, 1.807) is 41.3 Å². The average molecular weight is 384 g/mol. The first kappa shape index (κ1) is 17.0. The fourth-order valence-corrected chi connectivity index (χ4v) is 3.35. The van der Waals surface area contributed by atoms with E-state index in [2.05, 4.69) is 0 Å². The molecule has 3 nitrogen and oxygen atoms in total. The third kappa shape index (κ3) is 3.16. The molecule has 0 bridgehead atoms. The minimum atomic E-state index is -0.589. The highest BCUT2D eigenvalue weighted by Crippen LogP contribution is 2.41. The minimum absolute atomic E-state index is 0.0869. The van der Waals surface area contributed by atoms with Gasteiger partial charge in [-0.05, 0) is 54.1 Å². The topological polar surface area (TPSA) is 29.5 Å². The second kappa shape index (κ2) is 7.02. The Balaban J connectivity index is 1.66. The summed E-state index contributed by atoms with van der Waals surface area (Å²) >= 11 is 11.9. The standard InChI is InChI=1S/C21H15Cl2NO2/c22-15-6-10-17(11-7-15)24-19(14-4-2-1-3-5-14)20(21(24)25)26-18-12-8-16(23)9-13-18/h1-13,19-20H. The van der Waals surface area contributed by atoms with Crippen LogP contribution in [0.1, 0.15) is 11.6 Å². The van der Waals surface area contributed by atoms with Gasteiger partial charge in [0.25, 0.3) is 5.91 Å². The van der Waals surface area contributed by atoms with Crippen LogP contribution in [-0.4, -0.2) is 12.0 Å². The Kier molecular flexibility index (Phi) is 4.58. The van der Waals surface area contributed by atoms with E-state index in [1.807, 2.05) is 42.5 Å². The van der Waals surface area contributed by atoms with Crippen molar-refractivity contribution in [3.8, 4) is 5.75 Å². The number of rotatable bonds is 4. The third-order valence-electron chi connectivity index (χ3n) is 4.37. The number of carbonyl (C=O) groups is 1. The molecule has 0 N–H and O–H groups in total. The summed E-state index contributed by atoms with van der Waals surface area (Å²) in [6.07, 6.45) is -0.589. The van der Waals surface area contributed by atoms with Crippen molar-refractivity contribution in [3.63, 3.8) is 0 Å². The van der Waals surface area contributed by atoms with Crippen LogP contribution in [0.2, 0.25) is 10.0 Å². The normalized spacial score (nSPS) is 19.2. The third-order valence-corrected chi connectivity index (χ3v) is 4.87. The largest absolute Gasteiger partial charge is 0.478 e. The van der Waals surface area contributed by atoms with E-state index >= 15 is 0 Å². The average Bonchev–Trinajstić information content (AvgIpc) is 2.67. The van der Waals surface area contributed by atoms with Gasteiger partial charge in [-0.15, -0.1) is 0 Å². The summed E-state index contributed by atoms with van der Waals surface area (Å²) in [6, 6.07) is 23.9. The first-order valence-electron chi connectivity index (χ1n) is 8.19. The van der Waals surface area contributed by atoms with Gasteiger partial charge in [-0.1, -0.05) is 53.5 Å². The molecule has 3 aromatic carbocycles. The van der Waals surface area contributed by atoms with Crippen LogP contribution in [0.3, 0.4) is 0 Å². The lowest BCUT2D eigenvalue weighted by Gasteiger charge is -2.46. The van der Waals surface area contributed by atoms with Crippen LogP contribution in [0.4, 0.5) is 5.69 Å². The summed E-state index contributed by atoms with van der Waals surface area (Å²) in [5.74, 6) is 0.528. The number of hydrogen-bond donors (Lipinski definition) is 0. The summed E-state index contributed by atoms with van der Waals surface area (Å²) in [4.78, 5) is 14.6. The lowest BCUT2D eigenvalue weighted by Crippen LogP contribution is -2.61. The van der Waals surface area contributed by atoms with Gasteiger partial charge >= 0.3 is 0 Å². The fraction of sp³-hybridized carbons (Fsp3) is 0.0952. The molecule has 2 unspecified atom stereocenters. The van der Waals surface area contributed by atoms with Crippen molar-refractivity contribution in [2.24, 2.45) is 0 Å². The van der Waals surface area contributed by atoms with E-state index in [-0.39, 0.29) is 11.9 Å². The zero-order valence-electron chi connectivity index (χ0n) is 13.7. The molecule has 1 aliphatic heterocycles. The fourth-order valence-electron chi connectivity index (χ4n) is 3.10. The summed E-state index contributed by atoms with van der Waals surface area (Å²) in [5.41, 5.74) is 1.81. The summed E-state index contributed by atoms with van der Waals surface area (Å²) in [6.45, 7) is 0. The number of amides is 1. The van der Waals surface area contributed by atoms with Gasteiger partial charge in [0.15, 0.2) is 0 Å². The van der Waals surface area contributed by atoms with Crippen molar-refractivity contribution in [2.45, 2.75) is 12.1 Å². The first-order chi connectivity index (χ1) is 12.6. The Labute approximate surface area is 161 Å². The molecule has 26 heavy (non-hydrogen) atoms. The lowest BCUT2D eigenvalue weighted by atomic mass is 9.89. The maximum absolute atomic E-state index is 12.8. The number of nitrogens with zero attached hydrogens (tertiary/aromatic N) is 1. The number of benzene rings is 3. The van der Waals surface area contributed by atoms with Crippen molar-refractivity contribution in [1.82, 2.24) is 0 Å². The van der Waals surface area contributed by atoms with Crippen molar-refractivity contribution in [1.29, 1.82) is 0 Å². The smallest absolute Gasteiger partial charge is 0.271 e. The van der Waals surface area contributed by atoms with Crippen LogP contribution >= 0.6 is 23.2 Å². The highest BCUT2D eigenvalue weighted by atomic mass is 35.5. The predicted octanol–water partition coefficient (Wildman–Crippen LogP) is 5.53. The molecule has 1 aliphatic rings. The Hall–Kier alpha value is -2.49. The van der Waals surface area contributed by atoms with E-state index in [0.29, 0.717) is 15.8 Å². The van der Waals surface area contributed by atoms with Gasteiger partial charge in [0, 0.05) is 15.7 Å². The molecule has 0 aromatic heterocycles. The van der Waals surface area contributed by atoms with E-state index in [4.69, 9.17) is 27.9 Å². The molecule has 1 fully saturated rings. The van der Waals surface area contributed by atoms with Gasteiger partial charge < -0.3 is 4.74 Å². The van der Waals surface area contributed by atoms with Gasteiger partial charge in [-0.2, -0.15) is 0 Å². The Morgan fingerprint density at radius 3 is 1.96 bits per heavy atom. The monoisotopic (exact) mass is 383 g/mol. The number of ether oxygens (including phenoxy) is 1. The molecule has 1 saturated heterocycles. The quantitative estimate of drug-likeness (QED) is 0.554. The molecule has 3 aromatic rings. The van der Waals surface area contributed by atoms with Crippen molar-refractivity contribution in [2.75, 3.05) is 4.90 Å². The maximum atomic E-state index is 12.8. The molecule has 0 radical (unpaired) electrons. The van der Waals surface area contributed by atoms with E-state index in [0.717, 1.165) is 11.3 Å². The molecule has 2 atom stereocenters. The highest BCUT2D eigenvalue weighted by Gasteiger charge is 2.50. The lowest BCUT2D eigenvalue weighted by molar-refractivity contribution is -0.135. The van der Waals surface area contributed by atoms with E-state index in [1.165, 1.54) is 0 Å². The van der Waals surface area contributed by atoms with Crippen molar-refractivity contribution < 1.29 is 9.53 Å². The second-order valence-electron chi connectivity index (χ2n) is 6.03. The molecule has 0 saturated carbocycles. The molecule has 0 spiro atoms. The van der Waals surface area contributed by atoms with Gasteiger partial charge in [0.05, 0.1) is 0 Å². The highest BCUT2D eigenvalue weighted by molar-refractivity contribution is 6.30. The van der Waals surface area contributed by atoms with Crippen LogP contribution in [0.5, 0.6) is 5.75 Å². The Morgan fingerprint density at radius 1 is 0.769 bits per heavy atom. The molecule has 1 amide bonds. The Bertz CT molecular complexity index is 911. The molecular weight excluding hydrogens is 369 g/mol. The number of anilines is 1. The number of carbonyl (C=O) groups excluding carboxylic acids is 1. The number of halogens is 2. The van der Waals surface area contributed by atoms with Crippen LogP contribution < -0.4 is 9.64 Å². The minimum Gasteiger partial charge on any atom is -0.478 e. The first-order valence-corrected chi connectivity index (χ1v) is 8.95. The molecule has 1 heterocycles. The molecule has 5 heteroatoms. The summed E-state index contributed by atoms with van der Waals surface area (Å²) in [5, 5.41) is 1.26. The zero-order valence-corrected chi connectivity index (χ0v) is 15.2. The predicted molar refractivity (Wildman–Crippen MR) is 104 cm³/mol.